The second kappa shape index (κ2) is 68.0. The predicted octanol–water partition coefficient (Wildman–Crippen LogP) is 22.4. The van der Waals surface area contributed by atoms with Crippen molar-refractivity contribution in [3.63, 3.8) is 0 Å². The van der Waals surface area contributed by atoms with E-state index in [-0.39, 0.29) is 26.1 Å². The molecule has 0 amide bonds. The molecular formula is C80H126NO8P. The van der Waals surface area contributed by atoms with E-state index in [1.165, 1.54) is 32.1 Å². The van der Waals surface area contributed by atoms with Crippen LogP contribution in [0.3, 0.4) is 0 Å². The molecule has 0 rings (SSSR count). The van der Waals surface area contributed by atoms with Crippen LogP contribution in [-0.4, -0.2) is 70.0 Å². The van der Waals surface area contributed by atoms with E-state index in [1.807, 2.05) is 21.1 Å². The third-order valence-corrected chi connectivity index (χ3v) is 14.8. The molecule has 0 saturated carbocycles. The second-order valence-corrected chi connectivity index (χ2v) is 24.8. The molecule has 0 bridgehead atoms. The molecule has 0 heterocycles. The van der Waals surface area contributed by atoms with Gasteiger partial charge in [-0.1, -0.05) is 278 Å². The summed E-state index contributed by atoms with van der Waals surface area (Å²) >= 11 is 0. The largest absolute Gasteiger partial charge is 0.756 e. The van der Waals surface area contributed by atoms with Gasteiger partial charge in [0.05, 0.1) is 27.7 Å². The molecule has 10 heteroatoms. The van der Waals surface area contributed by atoms with Gasteiger partial charge in [-0.25, -0.2) is 0 Å². The Balaban J connectivity index is 4.21. The highest BCUT2D eigenvalue weighted by Gasteiger charge is 2.22. The fourth-order valence-corrected chi connectivity index (χ4v) is 9.27. The number of allylic oxidation sites excluding steroid dienone is 34. The first-order chi connectivity index (χ1) is 44.0. The van der Waals surface area contributed by atoms with Crippen LogP contribution < -0.4 is 4.89 Å². The number of hydrogen-bond donors (Lipinski definition) is 0. The van der Waals surface area contributed by atoms with E-state index in [9.17, 15) is 19.0 Å². The Kier molecular flexibility index (Phi) is 63.9. The van der Waals surface area contributed by atoms with Gasteiger partial charge in [0.15, 0.2) is 6.10 Å². The molecule has 9 nitrogen and oxygen atoms in total. The number of carbonyl (C=O) groups is 2. The van der Waals surface area contributed by atoms with Crippen LogP contribution in [0.2, 0.25) is 0 Å². The number of nitrogens with zero attached hydrogens (tertiary/aromatic N) is 1. The van der Waals surface area contributed by atoms with E-state index in [1.54, 1.807) is 0 Å². The molecule has 0 radical (unpaired) electrons. The third-order valence-electron chi connectivity index (χ3n) is 13.8. The van der Waals surface area contributed by atoms with Crippen molar-refractivity contribution in [3.05, 3.63) is 207 Å². The molecule has 0 fully saturated rings. The SMILES string of the molecule is CC/C=C\C/C=C\C/C=C\C/C=C\C/C=C\C/C=C\C/C=C\C/C=C\C/C=C\C/C=C\C/C=C\C/C=C\CCCCCCC(=O)OC(COC(=O)CCCCCCCCCCC/C=C\C/C=C\C/C=C\C/C=C\C/C=C\CC)COP(=O)([O-])OCC[N+](C)(C)C. The van der Waals surface area contributed by atoms with Crippen LogP contribution in [-0.2, 0) is 32.7 Å². The topological polar surface area (TPSA) is 111 Å². The van der Waals surface area contributed by atoms with Gasteiger partial charge in [0.2, 0.25) is 0 Å². The lowest BCUT2D eigenvalue weighted by Gasteiger charge is -2.28. The van der Waals surface area contributed by atoms with Gasteiger partial charge in [-0.2, -0.15) is 0 Å². The standard InChI is InChI=1S/C80H126NO8P/c1-6-8-10-12-14-16-18-20-22-24-26-28-30-32-33-34-35-36-37-38-39-40-41-42-43-44-45-46-47-49-51-53-55-57-59-61-63-65-67-69-71-73-80(83)89-78(77-88-90(84,85)87-75-74-81(3,4)5)76-86-79(82)72-70-68-66-64-62-60-58-56-54-52-50-48-31-29-27-25-23-21-19-17-15-13-11-9-7-2/h8-11,14-17,20-23,26-29,32-33,35-36,38-39,41-42,44-45,47-50,53,55,59,61,78H,6-7,12-13,18-19,24-25,30-31,34,37,40,43,46,51-52,54,56-58,60,62-77H2,1-5H3/b10-8-,11-9-,16-14-,17-15-,22-20-,23-21-,28-26-,29-27-,33-32-,36-35-,39-38-,42-41-,45-44-,49-47-,50-48-,55-53-,61-59-. The first kappa shape index (κ1) is 84.6. The van der Waals surface area contributed by atoms with Crippen molar-refractivity contribution >= 4 is 19.8 Å². The van der Waals surface area contributed by atoms with Crippen molar-refractivity contribution < 1.29 is 42.1 Å². The predicted molar refractivity (Wildman–Crippen MR) is 387 cm³/mol. The highest BCUT2D eigenvalue weighted by atomic mass is 31.2. The zero-order valence-electron chi connectivity index (χ0n) is 57.2. The van der Waals surface area contributed by atoms with Crippen molar-refractivity contribution in [1.82, 2.24) is 0 Å². The minimum atomic E-state index is -4.67. The monoisotopic (exact) mass is 1260 g/mol. The maximum absolute atomic E-state index is 12.9. The number of hydrogen-bond acceptors (Lipinski definition) is 8. The summed E-state index contributed by atoms with van der Waals surface area (Å²) in [6.07, 6.45) is 108. The molecular weight excluding hydrogens is 1130 g/mol. The first-order valence-corrected chi connectivity index (χ1v) is 36.3. The van der Waals surface area contributed by atoms with Crippen molar-refractivity contribution in [2.75, 3.05) is 47.5 Å². The average Bonchev–Trinajstić information content (AvgIpc) is 3.62. The minimum absolute atomic E-state index is 0.0489. The number of phosphoric acid groups is 1. The minimum Gasteiger partial charge on any atom is -0.756 e. The molecule has 0 aromatic heterocycles. The zero-order valence-corrected chi connectivity index (χ0v) is 58.1. The van der Waals surface area contributed by atoms with E-state index in [0.717, 1.165) is 161 Å². The first-order valence-electron chi connectivity index (χ1n) is 34.8. The van der Waals surface area contributed by atoms with Crippen molar-refractivity contribution in [2.45, 2.75) is 238 Å². The van der Waals surface area contributed by atoms with Crippen LogP contribution in [0.1, 0.15) is 232 Å². The lowest BCUT2D eigenvalue weighted by atomic mass is 10.1. The number of likely N-dealkylation sites (N-methyl/N-ethyl adjacent to an activating group) is 1. The lowest BCUT2D eigenvalue weighted by Crippen LogP contribution is -2.37. The number of ether oxygens (including phenoxy) is 2. The van der Waals surface area contributed by atoms with Crippen LogP contribution in [0.5, 0.6) is 0 Å². The number of rotatable bonds is 61. The number of quaternary nitrogens is 1. The Morgan fingerprint density at radius 2 is 0.600 bits per heavy atom. The molecule has 0 N–H and O–H groups in total. The van der Waals surface area contributed by atoms with E-state index in [0.29, 0.717) is 23.9 Å². The molecule has 90 heavy (non-hydrogen) atoms. The Hall–Kier alpha value is -5.41. The molecule has 504 valence electrons. The molecule has 0 aromatic rings. The quantitative estimate of drug-likeness (QED) is 0.0195. The molecule has 2 unspecified atom stereocenters. The normalized spacial score (nSPS) is 14.4. The van der Waals surface area contributed by atoms with Gasteiger partial charge >= 0.3 is 11.9 Å². The Bertz CT molecular complexity index is 2270. The van der Waals surface area contributed by atoms with Gasteiger partial charge in [0, 0.05) is 12.8 Å². The summed E-state index contributed by atoms with van der Waals surface area (Å²) in [5.74, 6) is -0.885. The summed E-state index contributed by atoms with van der Waals surface area (Å²) in [6, 6.07) is 0. The Labute approximate surface area is 551 Å². The van der Waals surface area contributed by atoms with E-state index >= 15 is 0 Å². The summed E-state index contributed by atoms with van der Waals surface area (Å²) in [5, 5.41) is 0. The van der Waals surface area contributed by atoms with Gasteiger partial charge in [0.1, 0.15) is 19.8 Å². The van der Waals surface area contributed by atoms with E-state index in [2.05, 4.69) is 220 Å². The van der Waals surface area contributed by atoms with Gasteiger partial charge in [-0.05, 0) is 148 Å². The summed E-state index contributed by atoms with van der Waals surface area (Å²) in [5.41, 5.74) is 0. The number of esters is 2. The highest BCUT2D eigenvalue weighted by molar-refractivity contribution is 7.45. The van der Waals surface area contributed by atoms with Gasteiger partial charge in [-0.15, -0.1) is 0 Å². The fourth-order valence-electron chi connectivity index (χ4n) is 8.55. The third kappa shape index (κ3) is 71.7. The number of phosphoric ester groups is 1. The summed E-state index contributed by atoms with van der Waals surface area (Å²) in [6.45, 7) is 3.95. The van der Waals surface area contributed by atoms with Crippen molar-refractivity contribution in [3.8, 4) is 0 Å². The molecule has 0 aromatic carbocycles. The van der Waals surface area contributed by atoms with Crippen LogP contribution in [0.4, 0.5) is 0 Å². The van der Waals surface area contributed by atoms with Crippen LogP contribution in [0.15, 0.2) is 207 Å². The van der Waals surface area contributed by atoms with Crippen LogP contribution in [0, 0.1) is 0 Å². The fraction of sp³-hybridized carbons (Fsp3) is 0.550. The Morgan fingerprint density at radius 1 is 0.344 bits per heavy atom. The number of unbranched alkanes of at least 4 members (excludes halogenated alkanes) is 13. The van der Waals surface area contributed by atoms with Gasteiger partial charge in [0.25, 0.3) is 7.82 Å². The van der Waals surface area contributed by atoms with Crippen molar-refractivity contribution in [2.24, 2.45) is 0 Å². The maximum atomic E-state index is 12.9. The molecule has 0 aliphatic carbocycles. The highest BCUT2D eigenvalue weighted by Crippen LogP contribution is 2.38. The maximum Gasteiger partial charge on any atom is 0.306 e. The Morgan fingerprint density at radius 3 is 0.889 bits per heavy atom. The second-order valence-electron chi connectivity index (χ2n) is 23.4. The molecule has 0 saturated heterocycles. The zero-order chi connectivity index (χ0) is 65.5. The summed E-state index contributed by atoms with van der Waals surface area (Å²) in [7, 11) is 1.11. The van der Waals surface area contributed by atoms with Gasteiger partial charge < -0.3 is 27.9 Å². The molecule has 0 aliphatic heterocycles. The lowest BCUT2D eigenvalue weighted by molar-refractivity contribution is -0.870. The molecule has 0 aliphatic rings. The molecule has 0 spiro atoms. The molecule has 2 atom stereocenters. The van der Waals surface area contributed by atoms with E-state index in [4.69, 9.17) is 18.5 Å². The van der Waals surface area contributed by atoms with Crippen molar-refractivity contribution in [1.29, 1.82) is 0 Å². The van der Waals surface area contributed by atoms with Crippen LogP contribution in [0.25, 0.3) is 0 Å². The van der Waals surface area contributed by atoms with Crippen LogP contribution >= 0.6 is 7.82 Å². The summed E-state index contributed by atoms with van der Waals surface area (Å²) in [4.78, 5) is 38.0. The average molecular weight is 1260 g/mol. The smallest absolute Gasteiger partial charge is 0.306 e. The summed E-state index contributed by atoms with van der Waals surface area (Å²) < 4.78 is 34.2. The number of carbonyl (C=O) groups excluding carboxylic acids is 2. The van der Waals surface area contributed by atoms with E-state index < -0.39 is 32.5 Å². The van der Waals surface area contributed by atoms with Gasteiger partial charge in [-0.3, -0.25) is 14.2 Å².